The van der Waals surface area contributed by atoms with Gasteiger partial charge in [0.25, 0.3) is 5.91 Å². The van der Waals surface area contributed by atoms with E-state index in [0.29, 0.717) is 28.2 Å². The van der Waals surface area contributed by atoms with Gasteiger partial charge in [0.15, 0.2) is 11.4 Å². The van der Waals surface area contributed by atoms with E-state index in [1.807, 2.05) is 20.8 Å². The molecule has 0 atom stereocenters. The number of halogens is 1. The Morgan fingerprint density at radius 2 is 2.00 bits per heavy atom. The number of nitrogens with one attached hydrogen (secondary N) is 2. The molecular weight excluding hydrogens is 411 g/mol. The van der Waals surface area contributed by atoms with E-state index in [9.17, 15) is 19.2 Å². The third-order valence-electron chi connectivity index (χ3n) is 4.64. The van der Waals surface area contributed by atoms with Gasteiger partial charge in [0, 0.05) is 37.0 Å². The van der Waals surface area contributed by atoms with Crippen LogP contribution in [0.15, 0.2) is 36.2 Å². The van der Waals surface area contributed by atoms with Crippen molar-refractivity contribution >= 4 is 40.4 Å². The molecule has 0 spiro atoms. The summed E-state index contributed by atoms with van der Waals surface area (Å²) in [5.41, 5.74) is 1.08. The van der Waals surface area contributed by atoms with Crippen molar-refractivity contribution in [3.8, 4) is 6.07 Å². The van der Waals surface area contributed by atoms with Crippen molar-refractivity contribution in [2.75, 3.05) is 19.4 Å². The molecule has 0 aliphatic carbocycles. The van der Waals surface area contributed by atoms with Crippen molar-refractivity contribution in [1.82, 2.24) is 19.9 Å². The normalized spacial score (nSPS) is 11.8. The van der Waals surface area contributed by atoms with Crippen LogP contribution in [0.25, 0.3) is 17.2 Å². The number of anilines is 2. The smallest absolute Gasteiger partial charge is 0.264 e. The first-order chi connectivity index (χ1) is 15.0. The van der Waals surface area contributed by atoms with Gasteiger partial charge in [-0.1, -0.05) is 20.8 Å². The molecule has 0 unspecified atom stereocenters. The van der Waals surface area contributed by atoms with E-state index in [4.69, 9.17) is 0 Å². The van der Waals surface area contributed by atoms with Gasteiger partial charge in [-0.25, -0.2) is 14.4 Å². The highest BCUT2D eigenvalue weighted by atomic mass is 19.1. The summed E-state index contributed by atoms with van der Waals surface area (Å²) in [4.78, 5) is 37.6. The lowest BCUT2D eigenvalue weighted by Crippen LogP contribution is -2.22. The number of aromatic nitrogens is 3. The van der Waals surface area contributed by atoms with Crippen LogP contribution in [0.3, 0.4) is 0 Å². The van der Waals surface area contributed by atoms with E-state index >= 15 is 0 Å². The van der Waals surface area contributed by atoms with Crippen LogP contribution >= 0.6 is 0 Å². The number of nitriles is 1. The summed E-state index contributed by atoms with van der Waals surface area (Å²) in [5.74, 6) is -0.862. The molecule has 0 fully saturated rings. The lowest BCUT2D eigenvalue weighted by atomic mass is 9.87. The number of amides is 1. The van der Waals surface area contributed by atoms with Gasteiger partial charge in [-0.05, 0) is 24.3 Å². The Hall–Kier alpha value is -4.06. The second-order valence-corrected chi connectivity index (χ2v) is 8.46. The lowest BCUT2D eigenvalue weighted by Gasteiger charge is -2.15. The van der Waals surface area contributed by atoms with Crippen LogP contribution < -0.4 is 5.32 Å². The molecule has 0 saturated carbocycles. The Morgan fingerprint density at radius 3 is 2.59 bits per heavy atom. The van der Waals surface area contributed by atoms with E-state index in [0.717, 1.165) is 0 Å². The van der Waals surface area contributed by atoms with E-state index in [1.54, 1.807) is 18.3 Å². The van der Waals surface area contributed by atoms with E-state index in [1.165, 1.54) is 43.4 Å². The minimum Gasteiger partial charge on any atom is -0.344 e. The summed E-state index contributed by atoms with van der Waals surface area (Å²) >= 11 is 0. The van der Waals surface area contributed by atoms with Crippen LogP contribution in [0.1, 0.15) is 36.7 Å². The maximum Gasteiger partial charge on any atom is 0.264 e. The average molecular weight is 434 g/mol. The van der Waals surface area contributed by atoms with Crippen molar-refractivity contribution in [3.05, 3.63) is 53.1 Å². The van der Waals surface area contributed by atoms with Crippen molar-refractivity contribution in [2.45, 2.75) is 20.8 Å². The van der Waals surface area contributed by atoms with Gasteiger partial charge in [-0.3, -0.25) is 9.59 Å². The number of hydrogen-bond donors (Lipinski definition) is 2. The Balaban J connectivity index is 1.90. The summed E-state index contributed by atoms with van der Waals surface area (Å²) < 4.78 is 14.6. The summed E-state index contributed by atoms with van der Waals surface area (Å²) in [5, 5.41) is 12.2. The van der Waals surface area contributed by atoms with Crippen LogP contribution in [-0.2, 0) is 4.79 Å². The number of H-pyrrole nitrogens is 1. The Kier molecular flexibility index (Phi) is 6.07. The molecule has 8 nitrogen and oxygen atoms in total. The quantitative estimate of drug-likeness (QED) is 0.355. The lowest BCUT2D eigenvalue weighted by molar-refractivity contribution is -0.124. The maximum absolute atomic E-state index is 14.6. The zero-order valence-corrected chi connectivity index (χ0v) is 18.4. The number of benzene rings is 1. The van der Waals surface area contributed by atoms with Crippen LogP contribution in [0.4, 0.5) is 15.9 Å². The number of carbonyl (C=O) groups excluding carboxylic acids is 2. The minimum absolute atomic E-state index is 0.0713. The number of hydrogen-bond acceptors (Lipinski definition) is 6. The van der Waals surface area contributed by atoms with Crippen LogP contribution in [0.2, 0.25) is 0 Å². The minimum atomic E-state index is -0.617. The first-order valence-corrected chi connectivity index (χ1v) is 9.80. The molecule has 2 N–H and O–H groups in total. The number of nitrogens with zero attached hydrogens (tertiary/aromatic N) is 4. The third-order valence-corrected chi connectivity index (χ3v) is 4.64. The second-order valence-electron chi connectivity index (χ2n) is 8.46. The first-order valence-electron chi connectivity index (χ1n) is 9.80. The molecule has 1 aromatic carbocycles. The molecule has 1 amide bonds. The number of fused-ring (bicyclic) bond motifs is 1. The van der Waals surface area contributed by atoms with Crippen LogP contribution in [-0.4, -0.2) is 45.6 Å². The van der Waals surface area contributed by atoms with E-state index in [2.05, 4.69) is 20.3 Å². The summed E-state index contributed by atoms with van der Waals surface area (Å²) in [6, 6.07) is 6.06. The highest BCUT2D eigenvalue weighted by molar-refractivity contribution is 6.08. The molecule has 0 bridgehead atoms. The molecule has 3 rings (SSSR count). The molecule has 2 heterocycles. The van der Waals surface area contributed by atoms with Crippen LogP contribution in [0, 0.1) is 22.6 Å². The van der Waals surface area contributed by atoms with Gasteiger partial charge in [0.05, 0.1) is 11.8 Å². The second kappa shape index (κ2) is 8.59. The van der Waals surface area contributed by atoms with Gasteiger partial charge in [0.2, 0.25) is 0 Å². The molecule has 0 saturated heterocycles. The van der Waals surface area contributed by atoms with E-state index in [-0.39, 0.29) is 16.9 Å². The number of carbonyl (C=O) groups is 2. The van der Waals surface area contributed by atoms with Crippen molar-refractivity contribution < 1.29 is 14.0 Å². The Labute approximate surface area is 184 Å². The van der Waals surface area contributed by atoms with Gasteiger partial charge in [0.1, 0.15) is 28.8 Å². The zero-order chi connectivity index (χ0) is 23.6. The standard InChI is InChI=1S/C23H23FN6O2/c1-23(2,3)20(31)16-11-26-21-19(16)29-18(12-27-21)28-15-7-6-13(17(24)9-15)8-14(10-25)22(32)30(4)5/h6-9,11-12H,1-5H3,(H,26,27)(H,28,29). The topological polar surface area (TPSA) is 115 Å². The number of likely N-dealkylation sites (N-methyl/N-ethyl adjacent to an activating group) is 1. The van der Waals surface area contributed by atoms with Gasteiger partial charge >= 0.3 is 0 Å². The SMILES string of the molecule is CN(C)C(=O)C(C#N)=Cc1ccc(Nc2cnc3[nH]cc(C(=O)C(C)(C)C)c3n2)cc1F. The molecule has 3 aromatic rings. The fraction of sp³-hybridized carbons (Fsp3) is 0.261. The number of rotatable bonds is 5. The molecule has 0 radical (unpaired) electrons. The highest BCUT2D eigenvalue weighted by Crippen LogP contribution is 2.26. The number of ketones is 1. The van der Waals surface area contributed by atoms with Crippen molar-refractivity contribution in [1.29, 1.82) is 5.26 Å². The summed E-state index contributed by atoms with van der Waals surface area (Å²) in [7, 11) is 3.03. The monoisotopic (exact) mass is 434 g/mol. The van der Waals surface area contributed by atoms with Crippen LogP contribution in [0.5, 0.6) is 0 Å². The fourth-order valence-electron chi connectivity index (χ4n) is 2.94. The predicted molar refractivity (Wildman–Crippen MR) is 120 cm³/mol. The summed E-state index contributed by atoms with van der Waals surface area (Å²) in [6.07, 6.45) is 4.27. The summed E-state index contributed by atoms with van der Waals surface area (Å²) in [6.45, 7) is 5.48. The molecule has 0 aliphatic heterocycles. The first kappa shape index (κ1) is 22.6. The predicted octanol–water partition coefficient (Wildman–Crippen LogP) is 4.06. The van der Waals surface area contributed by atoms with Crippen molar-refractivity contribution in [2.24, 2.45) is 5.41 Å². The largest absolute Gasteiger partial charge is 0.344 e. The van der Waals surface area contributed by atoms with Gasteiger partial charge < -0.3 is 15.2 Å². The molecule has 9 heteroatoms. The highest BCUT2D eigenvalue weighted by Gasteiger charge is 2.26. The van der Waals surface area contributed by atoms with Crippen molar-refractivity contribution in [3.63, 3.8) is 0 Å². The Morgan fingerprint density at radius 1 is 1.28 bits per heavy atom. The van der Waals surface area contributed by atoms with E-state index < -0.39 is 17.1 Å². The maximum atomic E-state index is 14.6. The fourth-order valence-corrected chi connectivity index (χ4v) is 2.94. The molecular formula is C23H23FN6O2. The molecule has 32 heavy (non-hydrogen) atoms. The Bertz CT molecular complexity index is 1280. The number of aromatic amines is 1. The van der Waals surface area contributed by atoms with Gasteiger partial charge in [-0.15, -0.1) is 0 Å². The zero-order valence-electron chi connectivity index (χ0n) is 18.4. The van der Waals surface area contributed by atoms with Gasteiger partial charge in [-0.2, -0.15) is 5.26 Å². The number of Topliss-reactive ketones (excluding diaryl/α,β-unsaturated/α-hetero) is 1. The molecule has 164 valence electrons. The molecule has 2 aromatic heterocycles. The average Bonchev–Trinajstić information content (AvgIpc) is 3.14. The third kappa shape index (κ3) is 4.64. The molecule has 0 aliphatic rings.